The number of amides is 1. The quantitative estimate of drug-likeness (QED) is 0.849. The van der Waals surface area contributed by atoms with Gasteiger partial charge in [-0.25, -0.2) is 4.39 Å². The summed E-state index contributed by atoms with van der Waals surface area (Å²) in [6.45, 7) is 0. The number of fused-ring (bicyclic) bond motifs is 1. The van der Waals surface area contributed by atoms with Crippen molar-refractivity contribution in [3.63, 3.8) is 0 Å². The topological polar surface area (TPSA) is 55.1 Å². The van der Waals surface area contributed by atoms with Crippen molar-refractivity contribution in [2.45, 2.75) is 38.1 Å². The summed E-state index contributed by atoms with van der Waals surface area (Å²) in [5.74, 6) is -0.222. The van der Waals surface area contributed by atoms with Crippen molar-refractivity contribution in [2.75, 3.05) is 5.73 Å². The van der Waals surface area contributed by atoms with Crippen LogP contribution in [0.15, 0.2) is 42.5 Å². The Morgan fingerprint density at radius 2 is 2.00 bits per heavy atom. The Balaban J connectivity index is 1.59. The van der Waals surface area contributed by atoms with E-state index in [2.05, 4.69) is 5.32 Å². The van der Waals surface area contributed by atoms with E-state index in [1.54, 1.807) is 12.1 Å². The lowest BCUT2D eigenvalue weighted by molar-refractivity contribution is -0.121. The fraction of sp³-hybridized carbons (Fsp3) is 0.316. The molecule has 3 nitrogen and oxygen atoms in total. The smallest absolute Gasteiger partial charge is 0.220 e. The molecule has 0 saturated heterocycles. The predicted octanol–water partition coefficient (Wildman–Crippen LogP) is 3.53. The van der Waals surface area contributed by atoms with E-state index in [1.807, 2.05) is 18.2 Å². The van der Waals surface area contributed by atoms with Gasteiger partial charge in [0.05, 0.1) is 6.04 Å². The first-order valence-corrected chi connectivity index (χ1v) is 8.04. The molecule has 1 atom stereocenters. The van der Waals surface area contributed by atoms with Crippen LogP contribution < -0.4 is 11.1 Å². The number of hydrogen-bond acceptors (Lipinski definition) is 2. The molecule has 0 aromatic heterocycles. The van der Waals surface area contributed by atoms with E-state index in [-0.39, 0.29) is 17.8 Å². The molecule has 3 N–H and O–H groups in total. The number of aryl methyl sites for hydroxylation is 2. The van der Waals surface area contributed by atoms with Crippen molar-refractivity contribution < 1.29 is 9.18 Å². The molecule has 1 aliphatic carbocycles. The molecule has 0 spiro atoms. The number of carbonyl (C=O) groups excluding carboxylic acids is 1. The number of nitrogen functional groups attached to an aromatic ring is 1. The van der Waals surface area contributed by atoms with Crippen molar-refractivity contribution in [1.29, 1.82) is 0 Å². The zero-order chi connectivity index (χ0) is 16.2. The van der Waals surface area contributed by atoms with Crippen LogP contribution in [-0.2, 0) is 17.6 Å². The highest BCUT2D eigenvalue weighted by molar-refractivity contribution is 5.76. The van der Waals surface area contributed by atoms with Crippen LogP contribution in [0.1, 0.15) is 42.0 Å². The molecule has 120 valence electrons. The lowest BCUT2D eigenvalue weighted by Crippen LogP contribution is -2.31. The molecule has 2 aromatic carbocycles. The van der Waals surface area contributed by atoms with Gasteiger partial charge in [-0.2, -0.15) is 0 Å². The van der Waals surface area contributed by atoms with E-state index in [1.165, 1.54) is 23.3 Å². The van der Waals surface area contributed by atoms with Gasteiger partial charge in [-0.3, -0.25) is 4.79 Å². The Hall–Kier alpha value is -2.36. The lowest BCUT2D eigenvalue weighted by Gasteiger charge is -2.26. The number of halogens is 1. The first-order chi connectivity index (χ1) is 11.1. The summed E-state index contributed by atoms with van der Waals surface area (Å²) in [5, 5.41) is 3.12. The van der Waals surface area contributed by atoms with Crippen molar-refractivity contribution in [1.82, 2.24) is 5.32 Å². The molecule has 23 heavy (non-hydrogen) atoms. The molecule has 0 bridgehead atoms. The maximum absolute atomic E-state index is 12.9. The number of nitrogens with one attached hydrogen (secondary N) is 1. The highest BCUT2D eigenvalue weighted by atomic mass is 19.1. The van der Waals surface area contributed by atoms with E-state index in [0.29, 0.717) is 12.8 Å². The molecule has 1 aliphatic rings. The molecule has 1 amide bonds. The maximum atomic E-state index is 12.9. The van der Waals surface area contributed by atoms with Gasteiger partial charge in [-0.1, -0.05) is 18.2 Å². The van der Waals surface area contributed by atoms with Gasteiger partial charge in [0.1, 0.15) is 5.82 Å². The number of rotatable bonds is 4. The summed E-state index contributed by atoms with van der Waals surface area (Å²) in [6, 6.07) is 12.3. The molecule has 0 fully saturated rings. The molecule has 4 heteroatoms. The molecule has 0 aliphatic heterocycles. The van der Waals surface area contributed by atoms with E-state index >= 15 is 0 Å². The van der Waals surface area contributed by atoms with Gasteiger partial charge >= 0.3 is 0 Å². The van der Waals surface area contributed by atoms with Gasteiger partial charge in [0.25, 0.3) is 0 Å². The summed E-state index contributed by atoms with van der Waals surface area (Å²) in [7, 11) is 0. The van der Waals surface area contributed by atoms with Crippen molar-refractivity contribution >= 4 is 11.6 Å². The molecular formula is C19H21FN2O. The maximum Gasteiger partial charge on any atom is 0.220 e. The zero-order valence-corrected chi connectivity index (χ0v) is 13.0. The van der Waals surface area contributed by atoms with Crippen LogP contribution in [-0.4, -0.2) is 5.91 Å². The summed E-state index contributed by atoms with van der Waals surface area (Å²) in [5.41, 5.74) is 10.00. The average Bonchev–Trinajstić information content (AvgIpc) is 2.54. The Morgan fingerprint density at radius 3 is 2.78 bits per heavy atom. The summed E-state index contributed by atoms with van der Waals surface area (Å²) < 4.78 is 12.9. The summed E-state index contributed by atoms with van der Waals surface area (Å²) in [4.78, 5) is 12.2. The molecule has 2 aromatic rings. The van der Waals surface area contributed by atoms with Gasteiger partial charge in [0, 0.05) is 12.1 Å². The Labute approximate surface area is 135 Å². The third kappa shape index (κ3) is 3.89. The Bertz CT molecular complexity index is 697. The molecule has 0 saturated carbocycles. The second-order valence-electron chi connectivity index (χ2n) is 6.10. The molecule has 0 heterocycles. The van der Waals surface area contributed by atoms with E-state index < -0.39 is 0 Å². The fourth-order valence-corrected chi connectivity index (χ4v) is 3.16. The standard InChI is InChI=1S/C19H21FN2O/c20-15-7-4-13(5-8-15)6-11-19(23)22-18-3-1-2-14-12-16(21)9-10-17(14)18/h4-5,7-10,12,18H,1-3,6,11,21H2,(H,22,23). The van der Waals surface area contributed by atoms with Crippen LogP contribution in [0.2, 0.25) is 0 Å². The number of anilines is 1. The van der Waals surface area contributed by atoms with Crippen LogP contribution in [0, 0.1) is 5.82 Å². The average molecular weight is 312 g/mol. The minimum Gasteiger partial charge on any atom is -0.399 e. The minimum atomic E-state index is -0.253. The Morgan fingerprint density at radius 1 is 1.22 bits per heavy atom. The van der Waals surface area contributed by atoms with E-state index in [4.69, 9.17) is 5.73 Å². The predicted molar refractivity (Wildman–Crippen MR) is 89.4 cm³/mol. The minimum absolute atomic E-state index is 0.0315. The van der Waals surface area contributed by atoms with Gasteiger partial charge in [-0.05, 0) is 66.6 Å². The zero-order valence-electron chi connectivity index (χ0n) is 13.0. The SMILES string of the molecule is Nc1ccc2c(c1)CCCC2NC(=O)CCc1ccc(F)cc1. The highest BCUT2D eigenvalue weighted by Crippen LogP contribution is 2.31. The van der Waals surface area contributed by atoms with Crippen LogP contribution in [0.3, 0.4) is 0 Å². The van der Waals surface area contributed by atoms with E-state index in [9.17, 15) is 9.18 Å². The number of hydrogen-bond donors (Lipinski definition) is 2. The molecule has 0 radical (unpaired) electrons. The van der Waals surface area contributed by atoms with Crippen LogP contribution in [0.4, 0.5) is 10.1 Å². The van der Waals surface area contributed by atoms with E-state index in [0.717, 1.165) is 30.5 Å². The normalized spacial score (nSPS) is 16.7. The van der Waals surface area contributed by atoms with Gasteiger partial charge in [0.2, 0.25) is 5.91 Å². The molecule has 1 unspecified atom stereocenters. The first kappa shape index (κ1) is 15.5. The van der Waals surface area contributed by atoms with Gasteiger partial charge < -0.3 is 11.1 Å². The third-order valence-corrected chi connectivity index (χ3v) is 4.37. The van der Waals surface area contributed by atoms with Crippen LogP contribution in [0.25, 0.3) is 0 Å². The van der Waals surface area contributed by atoms with Crippen molar-refractivity contribution in [3.8, 4) is 0 Å². The fourth-order valence-electron chi connectivity index (χ4n) is 3.16. The van der Waals surface area contributed by atoms with Crippen molar-refractivity contribution in [3.05, 3.63) is 65.0 Å². The third-order valence-electron chi connectivity index (χ3n) is 4.37. The van der Waals surface area contributed by atoms with Crippen molar-refractivity contribution in [2.24, 2.45) is 0 Å². The van der Waals surface area contributed by atoms with Gasteiger partial charge in [0.15, 0.2) is 0 Å². The van der Waals surface area contributed by atoms with Crippen LogP contribution in [0.5, 0.6) is 0 Å². The first-order valence-electron chi connectivity index (χ1n) is 8.04. The molecule has 3 rings (SSSR count). The highest BCUT2D eigenvalue weighted by Gasteiger charge is 2.21. The summed E-state index contributed by atoms with van der Waals surface area (Å²) >= 11 is 0. The monoisotopic (exact) mass is 312 g/mol. The Kier molecular flexibility index (Phi) is 4.60. The lowest BCUT2D eigenvalue weighted by atomic mass is 9.87. The summed E-state index contributed by atoms with van der Waals surface area (Å²) in [6.07, 6.45) is 4.06. The molecular weight excluding hydrogens is 291 g/mol. The van der Waals surface area contributed by atoms with Gasteiger partial charge in [-0.15, -0.1) is 0 Å². The largest absolute Gasteiger partial charge is 0.399 e. The number of benzene rings is 2. The number of nitrogens with two attached hydrogens (primary N) is 1. The number of carbonyl (C=O) groups is 1. The second-order valence-corrected chi connectivity index (χ2v) is 6.10. The van der Waals surface area contributed by atoms with Crippen LogP contribution >= 0.6 is 0 Å². The second kappa shape index (κ2) is 6.82.